The smallest absolute Gasteiger partial charge is 0.229 e. The number of aromatic nitrogens is 4. The first kappa shape index (κ1) is 16.9. The van der Waals surface area contributed by atoms with E-state index in [0.717, 1.165) is 5.69 Å². The molecule has 2 N–H and O–H groups in total. The van der Waals surface area contributed by atoms with Crippen LogP contribution in [0.1, 0.15) is 0 Å². The van der Waals surface area contributed by atoms with E-state index < -0.39 is 10.0 Å². The summed E-state index contributed by atoms with van der Waals surface area (Å²) < 4.78 is 25.8. The number of nitrogens with zero attached hydrogens (tertiary/aromatic N) is 5. The van der Waals surface area contributed by atoms with Crippen LogP contribution < -0.4 is 10.6 Å². The van der Waals surface area contributed by atoms with Gasteiger partial charge in [0.2, 0.25) is 16.0 Å². The van der Waals surface area contributed by atoms with Crippen LogP contribution >= 0.6 is 11.6 Å². The Bertz CT molecular complexity index is 833. The van der Waals surface area contributed by atoms with Crippen LogP contribution in [0.5, 0.6) is 0 Å². The highest BCUT2D eigenvalue weighted by Crippen LogP contribution is 2.23. The molecule has 1 aliphatic rings. The van der Waals surface area contributed by atoms with Gasteiger partial charge >= 0.3 is 0 Å². The van der Waals surface area contributed by atoms with E-state index in [9.17, 15) is 8.42 Å². The maximum atomic E-state index is 11.4. The zero-order valence-corrected chi connectivity index (χ0v) is 14.8. The van der Waals surface area contributed by atoms with E-state index in [0.29, 0.717) is 36.4 Å². The van der Waals surface area contributed by atoms with Gasteiger partial charge in [-0.25, -0.2) is 17.7 Å². The van der Waals surface area contributed by atoms with Crippen LogP contribution in [-0.4, -0.2) is 58.4 Å². The summed E-state index contributed by atoms with van der Waals surface area (Å²) in [5.74, 6) is 1.15. The molecule has 0 aromatic carbocycles. The molecule has 0 saturated carbocycles. The number of halogens is 1. The lowest BCUT2D eigenvalue weighted by molar-refractivity contribution is 0.213. The number of nitrogens with one attached hydrogen (secondary N) is 2. The Morgan fingerprint density at radius 1 is 1.38 bits per heavy atom. The molecular formula is C13H18ClN7O2S. The summed E-state index contributed by atoms with van der Waals surface area (Å²) in [4.78, 5) is 8.47. The summed E-state index contributed by atoms with van der Waals surface area (Å²) in [6.07, 6.45) is 6.20. The van der Waals surface area contributed by atoms with Crippen LogP contribution in [0.15, 0.2) is 18.6 Å². The Hall–Kier alpha value is -1.91. The van der Waals surface area contributed by atoms with Crippen molar-refractivity contribution in [2.45, 2.75) is 0 Å². The van der Waals surface area contributed by atoms with Crippen LogP contribution in [0.25, 0.3) is 0 Å². The molecule has 0 radical (unpaired) electrons. The standard InChI is InChI=1S/C13H18ClN7O2S/c1-20-8-10(4-17-20)18-13-16-5-11(14)12(19-13)15-3-9-6-21(7-9)24(2,22)23/h4-5,8-9H,3,6-7H2,1-2H3,(H2,15,16,18,19). The van der Waals surface area contributed by atoms with Gasteiger partial charge < -0.3 is 10.6 Å². The molecule has 11 heteroatoms. The van der Waals surface area contributed by atoms with Crippen LogP contribution in [0.4, 0.5) is 17.5 Å². The van der Waals surface area contributed by atoms with Crippen molar-refractivity contribution >= 4 is 39.1 Å². The molecule has 0 spiro atoms. The van der Waals surface area contributed by atoms with Crippen LogP contribution in [0.2, 0.25) is 5.02 Å². The number of anilines is 3. The second-order valence-electron chi connectivity index (χ2n) is 5.74. The first-order chi connectivity index (χ1) is 11.3. The highest BCUT2D eigenvalue weighted by Gasteiger charge is 2.32. The van der Waals surface area contributed by atoms with E-state index in [1.54, 1.807) is 17.1 Å². The van der Waals surface area contributed by atoms with E-state index in [1.165, 1.54) is 16.8 Å². The fraction of sp³-hybridized carbons (Fsp3) is 0.462. The Balaban J connectivity index is 1.59. The first-order valence-electron chi connectivity index (χ1n) is 7.28. The average molecular weight is 372 g/mol. The van der Waals surface area contributed by atoms with Crippen molar-refractivity contribution in [1.29, 1.82) is 0 Å². The van der Waals surface area contributed by atoms with Gasteiger partial charge in [0.15, 0.2) is 5.82 Å². The normalized spacial score (nSPS) is 16.0. The molecule has 130 valence electrons. The second kappa shape index (κ2) is 6.54. The third kappa shape index (κ3) is 3.94. The first-order valence-corrected chi connectivity index (χ1v) is 9.51. The highest BCUT2D eigenvalue weighted by molar-refractivity contribution is 7.88. The largest absolute Gasteiger partial charge is 0.368 e. The summed E-state index contributed by atoms with van der Waals surface area (Å²) in [6, 6.07) is 0. The van der Waals surface area contributed by atoms with Crippen molar-refractivity contribution in [2.24, 2.45) is 13.0 Å². The number of sulfonamides is 1. The van der Waals surface area contributed by atoms with Crippen molar-refractivity contribution in [3.05, 3.63) is 23.6 Å². The summed E-state index contributed by atoms with van der Waals surface area (Å²) in [6.45, 7) is 1.61. The summed E-state index contributed by atoms with van der Waals surface area (Å²) in [7, 11) is -1.27. The molecule has 1 saturated heterocycles. The third-order valence-electron chi connectivity index (χ3n) is 3.66. The molecule has 0 amide bonds. The second-order valence-corrected chi connectivity index (χ2v) is 8.13. The molecule has 3 heterocycles. The Morgan fingerprint density at radius 3 is 2.75 bits per heavy atom. The average Bonchev–Trinajstić information content (AvgIpc) is 2.84. The molecule has 2 aromatic heterocycles. The van der Waals surface area contributed by atoms with Gasteiger partial charge in [0, 0.05) is 38.8 Å². The van der Waals surface area contributed by atoms with Gasteiger partial charge in [-0.05, 0) is 0 Å². The minimum atomic E-state index is -3.09. The van der Waals surface area contributed by atoms with E-state index in [-0.39, 0.29) is 5.92 Å². The van der Waals surface area contributed by atoms with Crippen molar-refractivity contribution < 1.29 is 8.42 Å². The predicted octanol–water partition coefficient (Wildman–Crippen LogP) is 0.910. The molecule has 24 heavy (non-hydrogen) atoms. The Labute approximate surface area is 145 Å². The predicted molar refractivity (Wildman–Crippen MR) is 91.9 cm³/mol. The Kier molecular flexibility index (Phi) is 4.61. The van der Waals surface area contributed by atoms with Crippen molar-refractivity contribution in [3.8, 4) is 0 Å². The molecule has 1 aliphatic heterocycles. The summed E-state index contributed by atoms with van der Waals surface area (Å²) >= 11 is 6.11. The summed E-state index contributed by atoms with van der Waals surface area (Å²) in [5, 5.41) is 10.7. The maximum Gasteiger partial charge on any atom is 0.229 e. The fourth-order valence-electron chi connectivity index (χ4n) is 2.33. The van der Waals surface area contributed by atoms with Gasteiger partial charge in [0.1, 0.15) is 5.02 Å². The minimum absolute atomic E-state index is 0.237. The lowest BCUT2D eigenvalue weighted by atomic mass is 10.0. The molecule has 0 aliphatic carbocycles. The Morgan fingerprint density at radius 2 is 2.12 bits per heavy atom. The van der Waals surface area contributed by atoms with Crippen molar-refractivity contribution in [1.82, 2.24) is 24.1 Å². The number of hydrogen-bond donors (Lipinski definition) is 2. The molecule has 3 rings (SSSR count). The summed E-state index contributed by atoms with van der Waals surface area (Å²) in [5.41, 5.74) is 0.772. The van der Waals surface area contributed by atoms with Gasteiger partial charge in [0.05, 0.1) is 24.3 Å². The molecule has 1 fully saturated rings. The lowest BCUT2D eigenvalue weighted by Crippen LogP contribution is -2.51. The van der Waals surface area contributed by atoms with Gasteiger partial charge in [0.25, 0.3) is 0 Å². The minimum Gasteiger partial charge on any atom is -0.368 e. The number of aryl methyl sites for hydroxylation is 1. The van der Waals surface area contributed by atoms with Crippen molar-refractivity contribution in [2.75, 3.05) is 36.5 Å². The van der Waals surface area contributed by atoms with E-state index >= 15 is 0 Å². The maximum absolute atomic E-state index is 11.4. The zero-order valence-electron chi connectivity index (χ0n) is 13.3. The van der Waals surface area contributed by atoms with Gasteiger partial charge in [-0.15, -0.1) is 0 Å². The third-order valence-corrected chi connectivity index (χ3v) is 5.17. The van der Waals surface area contributed by atoms with E-state index in [1.807, 2.05) is 7.05 Å². The lowest BCUT2D eigenvalue weighted by Gasteiger charge is -2.37. The van der Waals surface area contributed by atoms with Gasteiger partial charge in [-0.1, -0.05) is 11.6 Å². The van der Waals surface area contributed by atoms with Crippen LogP contribution in [0.3, 0.4) is 0 Å². The molecule has 2 aromatic rings. The van der Waals surface area contributed by atoms with E-state index in [2.05, 4.69) is 25.7 Å². The highest BCUT2D eigenvalue weighted by atomic mass is 35.5. The molecule has 0 unspecified atom stereocenters. The molecular weight excluding hydrogens is 354 g/mol. The quantitative estimate of drug-likeness (QED) is 0.777. The van der Waals surface area contributed by atoms with Crippen molar-refractivity contribution in [3.63, 3.8) is 0 Å². The molecule has 0 bridgehead atoms. The van der Waals surface area contributed by atoms with Gasteiger partial charge in [-0.2, -0.15) is 10.1 Å². The fourth-order valence-corrected chi connectivity index (χ4v) is 3.45. The van der Waals surface area contributed by atoms with E-state index in [4.69, 9.17) is 11.6 Å². The molecule has 9 nitrogen and oxygen atoms in total. The van der Waals surface area contributed by atoms with Crippen LogP contribution in [0, 0.1) is 5.92 Å². The number of rotatable bonds is 6. The number of hydrogen-bond acceptors (Lipinski definition) is 7. The zero-order chi connectivity index (χ0) is 17.3. The van der Waals surface area contributed by atoms with Crippen LogP contribution in [-0.2, 0) is 17.1 Å². The molecule has 0 atom stereocenters. The SMILES string of the molecule is Cn1cc(Nc2ncc(Cl)c(NCC3CN(S(C)(=O)=O)C3)n2)cn1. The monoisotopic (exact) mass is 371 g/mol. The topological polar surface area (TPSA) is 105 Å². The van der Waals surface area contributed by atoms with Gasteiger partial charge in [-0.3, -0.25) is 4.68 Å².